The van der Waals surface area contributed by atoms with E-state index in [4.69, 9.17) is 29.3 Å². The van der Waals surface area contributed by atoms with Crippen LogP contribution in [0.1, 0.15) is 39.2 Å². The molecule has 0 radical (unpaired) electrons. The fourth-order valence-corrected chi connectivity index (χ4v) is 3.14. The van der Waals surface area contributed by atoms with Crippen molar-refractivity contribution >= 4 is 17.8 Å². The van der Waals surface area contributed by atoms with Crippen LogP contribution in [-0.4, -0.2) is 65.8 Å². The van der Waals surface area contributed by atoms with Crippen molar-refractivity contribution in [3.63, 3.8) is 0 Å². The lowest BCUT2D eigenvalue weighted by Gasteiger charge is -2.33. The number of aliphatic carboxylic acids is 2. The summed E-state index contributed by atoms with van der Waals surface area (Å²) in [5.41, 5.74) is 0.955. The van der Waals surface area contributed by atoms with Gasteiger partial charge in [0.05, 0.1) is 14.2 Å². The third-order valence-corrected chi connectivity index (χ3v) is 4.52. The van der Waals surface area contributed by atoms with E-state index in [0.717, 1.165) is 49.5 Å². The molecule has 1 aliphatic heterocycles. The number of likely N-dealkylation sites (tertiary alicyclic amines) is 1. The van der Waals surface area contributed by atoms with E-state index in [1.165, 1.54) is 0 Å². The van der Waals surface area contributed by atoms with Gasteiger partial charge in [-0.2, -0.15) is 0 Å². The second kappa shape index (κ2) is 11.4. The monoisotopic (exact) mass is 424 g/mol. The van der Waals surface area contributed by atoms with Gasteiger partial charge in [0.2, 0.25) is 5.91 Å². The van der Waals surface area contributed by atoms with Crippen molar-refractivity contribution in [1.82, 2.24) is 10.2 Å². The molecule has 0 saturated carbocycles. The van der Waals surface area contributed by atoms with E-state index in [1.54, 1.807) is 14.2 Å². The second-order valence-corrected chi connectivity index (χ2v) is 8.05. The van der Waals surface area contributed by atoms with Gasteiger partial charge in [-0.25, -0.2) is 9.59 Å². The topological polar surface area (TPSA) is 125 Å². The van der Waals surface area contributed by atoms with Gasteiger partial charge in [-0.15, -0.1) is 0 Å². The lowest BCUT2D eigenvalue weighted by Crippen LogP contribution is -2.46. The number of carbonyl (C=O) groups is 3. The third kappa shape index (κ3) is 8.28. The lowest BCUT2D eigenvalue weighted by molar-refractivity contribution is -0.159. The van der Waals surface area contributed by atoms with E-state index in [0.29, 0.717) is 0 Å². The number of carbonyl (C=O) groups excluding carboxylic acids is 1. The number of rotatable bonds is 5. The number of methoxy groups -OCH3 is 2. The minimum atomic E-state index is -1.82. The highest BCUT2D eigenvalue weighted by Gasteiger charge is 2.27. The predicted octanol–water partition coefficient (Wildman–Crippen LogP) is 1.99. The van der Waals surface area contributed by atoms with Crippen LogP contribution < -0.4 is 14.8 Å². The summed E-state index contributed by atoms with van der Waals surface area (Å²) in [6.07, 6.45) is 1.79. The Kier molecular flexibility index (Phi) is 9.58. The summed E-state index contributed by atoms with van der Waals surface area (Å²) in [5.74, 6) is -1.79. The Morgan fingerprint density at radius 1 is 1.07 bits per heavy atom. The van der Waals surface area contributed by atoms with E-state index in [9.17, 15) is 4.79 Å². The lowest BCUT2D eigenvalue weighted by atomic mass is 9.94. The summed E-state index contributed by atoms with van der Waals surface area (Å²) in [7, 11) is 3.32. The van der Waals surface area contributed by atoms with E-state index >= 15 is 0 Å². The molecule has 1 aromatic carbocycles. The number of benzene rings is 1. The molecular weight excluding hydrogens is 392 g/mol. The van der Waals surface area contributed by atoms with E-state index < -0.39 is 11.9 Å². The molecule has 1 fully saturated rings. The molecule has 0 aliphatic carbocycles. The Labute approximate surface area is 177 Å². The van der Waals surface area contributed by atoms with Gasteiger partial charge in [-0.05, 0) is 52.8 Å². The maximum absolute atomic E-state index is 12.3. The number of nitrogens with zero attached hydrogens (tertiary/aromatic N) is 1. The van der Waals surface area contributed by atoms with Crippen molar-refractivity contribution in [1.29, 1.82) is 0 Å². The quantitative estimate of drug-likeness (QED) is 0.613. The third-order valence-electron chi connectivity index (χ3n) is 4.52. The molecule has 1 saturated heterocycles. The SMILES string of the molecule is COc1cccc(CN2CCC(C(=O)NC(C)(C)C)CC2)c1OC.O=C(O)C(=O)O. The van der Waals surface area contributed by atoms with Gasteiger partial charge in [0.1, 0.15) is 0 Å². The number of amides is 1. The van der Waals surface area contributed by atoms with Crippen LogP contribution in [0.3, 0.4) is 0 Å². The number of hydrogen-bond acceptors (Lipinski definition) is 6. The minimum Gasteiger partial charge on any atom is -0.493 e. The summed E-state index contributed by atoms with van der Waals surface area (Å²) < 4.78 is 10.9. The maximum atomic E-state index is 12.3. The number of hydrogen-bond donors (Lipinski definition) is 3. The highest BCUT2D eigenvalue weighted by atomic mass is 16.5. The first-order valence-corrected chi connectivity index (χ1v) is 9.69. The van der Waals surface area contributed by atoms with E-state index in [-0.39, 0.29) is 17.4 Å². The Hall–Kier alpha value is -2.81. The Bertz CT molecular complexity index is 723. The van der Waals surface area contributed by atoms with Crippen molar-refractivity contribution < 1.29 is 34.1 Å². The number of nitrogens with one attached hydrogen (secondary N) is 1. The number of carboxylic acid groups (broad SMARTS) is 2. The molecule has 168 valence electrons. The largest absolute Gasteiger partial charge is 0.493 e. The number of para-hydroxylation sites is 1. The van der Waals surface area contributed by atoms with Crippen LogP contribution in [-0.2, 0) is 20.9 Å². The standard InChI is InChI=1S/C19H30N2O3.C2H2O4/c1-19(2,3)20-18(22)14-9-11-21(12-10-14)13-15-7-6-8-16(23-4)17(15)24-5;3-1(4)2(5)6/h6-8,14H,9-13H2,1-5H3,(H,20,22);(H,3,4)(H,5,6). The van der Waals surface area contributed by atoms with Crippen LogP contribution in [0, 0.1) is 5.92 Å². The molecular formula is C21H32N2O7. The molecule has 0 unspecified atom stereocenters. The number of piperidine rings is 1. The summed E-state index contributed by atoms with van der Waals surface area (Å²) in [6.45, 7) is 8.72. The van der Waals surface area contributed by atoms with Crippen LogP contribution in [0.2, 0.25) is 0 Å². The van der Waals surface area contributed by atoms with Crippen molar-refractivity contribution in [3.8, 4) is 11.5 Å². The van der Waals surface area contributed by atoms with E-state index in [1.807, 2.05) is 32.9 Å². The van der Waals surface area contributed by atoms with Crippen molar-refractivity contribution in [2.24, 2.45) is 5.92 Å². The Morgan fingerprint density at radius 2 is 1.63 bits per heavy atom. The van der Waals surface area contributed by atoms with Gasteiger partial charge in [0, 0.05) is 23.6 Å². The van der Waals surface area contributed by atoms with Crippen LogP contribution in [0.5, 0.6) is 11.5 Å². The van der Waals surface area contributed by atoms with Crippen molar-refractivity contribution in [2.45, 2.75) is 45.7 Å². The zero-order valence-electron chi connectivity index (χ0n) is 18.2. The summed E-state index contributed by atoms with van der Waals surface area (Å²) in [4.78, 5) is 32.9. The van der Waals surface area contributed by atoms with Crippen molar-refractivity contribution in [3.05, 3.63) is 23.8 Å². The zero-order chi connectivity index (χ0) is 22.9. The number of ether oxygens (including phenoxy) is 2. The fourth-order valence-electron chi connectivity index (χ4n) is 3.14. The molecule has 30 heavy (non-hydrogen) atoms. The minimum absolute atomic E-state index is 0.118. The molecule has 0 atom stereocenters. The van der Waals surface area contributed by atoms with Gasteiger partial charge in [-0.1, -0.05) is 12.1 Å². The first-order valence-electron chi connectivity index (χ1n) is 9.69. The highest BCUT2D eigenvalue weighted by molar-refractivity contribution is 6.27. The molecule has 9 nitrogen and oxygen atoms in total. The van der Waals surface area contributed by atoms with Gasteiger partial charge < -0.3 is 25.0 Å². The van der Waals surface area contributed by atoms with Gasteiger partial charge >= 0.3 is 11.9 Å². The normalized spacial score (nSPS) is 14.8. The van der Waals surface area contributed by atoms with Gasteiger partial charge in [0.15, 0.2) is 11.5 Å². The first kappa shape index (κ1) is 25.2. The first-order chi connectivity index (χ1) is 14.0. The smallest absolute Gasteiger partial charge is 0.414 e. The van der Waals surface area contributed by atoms with Crippen LogP contribution in [0.4, 0.5) is 0 Å². The second-order valence-electron chi connectivity index (χ2n) is 8.05. The average molecular weight is 424 g/mol. The van der Waals surface area contributed by atoms with Crippen molar-refractivity contribution in [2.75, 3.05) is 27.3 Å². The molecule has 1 amide bonds. The summed E-state index contributed by atoms with van der Waals surface area (Å²) in [5, 5.41) is 17.9. The molecule has 0 spiro atoms. The van der Waals surface area contributed by atoms with Crippen LogP contribution in [0.25, 0.3) is 0 Å². The molecule has 0 aromatic heterocycles. The summed E-state index contributed by atoms with van der Waals surface area (Å²) in [6, 6.07) is 5.96. The summed E-state index contributed by atoms with van der Waals surface area (Å²) >= 11 is 0. The van der Waals surface area contributed by atoms with Crippen LogP contribution >= 0.6 is 0 Å². The molecule has 2 rings (SSSR count). The molecule has 1 aliphatic rings. The maximum Gasteiger partial charge on any atom is 0.414 e. The van der Waals surface area contributed by atoms with Gasteiger partial charge in [0.25, 0.3) is 0 Å². The van der Waals surface area contributed by atoms with Crippen LogP contribution in [0.15, 0.2) is 18.2 Å². The van der Waals surface area contributed by atoms with E-state index in [2.05, 4.69) is 16.3 Å². The van der Waals surface area contributed by atoms with Gasteiger partial charge in [-0.3, -0.25) is 9.69 Å². The number of carboxylic acids is 2. The molecule has 0 bridgehead atoms. The molecule has 1 heterocycles. The molecule has 1 aromatic rings. The highest BCUT2D eigenvalue weighted by Crippen LogP contribution is 2.32. The Balaban J connectivity index is 0.000000656. The predicted molar refractivity (Wildman–Crippen MR) is 111 cm³/mol. The Morgan fingerprint density at radius 3 is 2.07 bits per heavy atom. The fraction of sp³-hybridized carbons (Fsp3) is 0.571. The molecule has 9 heteroatoms. The average Bonchev–Trinajstić information content (AvgIpc) is 2.67. The molecule has 3 N–H and O–H groups in total. The zero-order valence-corrected chi connectivity index (χ0v) is 18.2.